The molecule has 0 fully saturated rings. The molecule has 96 valence electrons. The predicted molar refractivity (Wildman–Crippen MR) is 66.4 cm³/mol. The standard InChI is InChI=1S/C12H12F2N2OS/c1-17-9-5-6-18-12(9)11(16-15)7-3-2-4-8(13)10(7)14/h2-6,11,16H,15H2,1H3. The topological polar surface area (TPSA) is 47.3 Å². The lowest BCUT2D eigenvalue weighted by atomic mass is 10.0. The molecule has 1 heterocycles. The lowest BCUT2D eigenvalue weighted by Crippen LogP contribution is -2.29. The van der Waals surface area contributed by atoms with Crippen molar-refractivity contribution in [2.75, 3.05) is 7.11 Å². The summed E-state index contributed by atoms with van der Waals surface area (Å²) in [5.74, 6) is 4.23. The van der Waals surface area contributed by atoms with Crippen molar-refractivity contribution in [2.45, 2.75) is 6.04 Å². The Hall–Kier alpha value is -1.50. The first-order chi connectivity index (χ1) is 8.69. The van der Waals surface area contributed by atoms with Gasteiger partial charge < -0.3 is 4.74 Å². The second kappa shape index (κ2) is 5.43. The summed E-state index contributed by atoms with van der Waals surface area (Å²) in [7, 11) is 1.51. The van der Waals surface area contributed by atoms with Crippen molar-refractivity contribution in [1.82, 2.24) is 5.43 Å². The van der Waals surface area contributed by atoms with Gasteiger partial charge >= 0.3 is 0 Å². The lowest BCUT2D eigenvalue weighted by molar-refractivity contribution is 0.406. The number of thiophene rings is 1. The van der Waals surface area contributed by atoms with Crippen LogP contribution in [-0.4, -0.2) is 7.11 Å². The molecule has 2 rings (SSSR count). The number of benzene rings is 1. The molecule has 1 unspecified atom stereocenters. The van der Waals surface area contributed by atoms with E-state index in [0.717, 1.165) is 6.07 Å². The van der Waals surface area contributed by atoms with E-state index >= 15 is 0 Å². The van der Waals surface area contributed by atoms with Crippen LogP contribution >= 0.6 is 11.3 Å². The summed E-state index contributed by atoms with van der Waals surface area (Å²) in [6, 6.07) is 5.11. The van der Waals surface area contributed by atoms with E-state index in [1.165, 1.54) is 30.6 Å². The fourth-order valence-electron chi connectivity index (χ4n) is 1.74. The van der Waals surface area contributed by atoms with Gasteiger partial charge in [-0.1, -0.05) is 12.1 Å². The van der Waals surface area contributed by atoms with E-state index < -0.39 is 17.7 Å². The number of ether oxygens (including phenoxy) is 1. The Balaban J connectivity index is 2.49. The SMILES string of the molecule is COc1ccsc1C(NN)c1cccc(F)c1F. The van der Waals surface area contributed by atoms with Crippen LogP contribution in [0.25, 0.3) is 0 Å². The molecule has 6 heteroatoms. The Labute approximate surface area is 107 Å². The number of hydrogen-bond acceptors (Lipinski definition) is 4. The minimum Gasteiger partial charge on any atom is -0.496 e. The van der Waals surface area contributed by atoms with Crippen LogP contribution in [0.15, 0.2) is 29.6 Å². The molecule has 1 aromatic carbocycles. The zero-order chi connectivity index (χ0) is 13.1. The third-order valence-corrected chi connectivity index (χ3v) is 3.56. The summed E-state index contributed by atoms with van der Waals surface area (Å²) >= 11 is 1.36. The van der Waals surface area contributed by atoms with E-state index in [9.17, 15) is 8.78 Å². The van der Waals surface area contributed by atoms with Crippen molar-refractivity contribution in [3.8, 4) is 5.75 Å². The minimum atomic E-state index is -0.907. The Morgan fingerprint density at radius 1 is 1.33 bits per heavy atom. The molecule has 1 aromatic heterocycles. The van der Waals surface area contributed by atoms with E-state index in [2.05, 4.69) is 5.43 Å². The zero-order valence-electron chi connectivity index (χ0n) is 9.61. The number of hydrazine groups is 1. The molecular weight excluding hydrogens is 258 g/mol. The maximum Gasteiger partial charge on any atom is 0.164 e. The zero-order valence-corrected chi connectivity index (χ0v) is 10.4. The highest BCUT2D eigenvalue weighted by atomic mass is 32.1. The summed E-state index contributed by atoms with van der Waals surface area (Å²) in [5, 5.41) is 1.80. The molecule has 0 aliphatic rings. The molecule has 1 atom stereocenters. The number of halogens is 2. The minimum absolute atomic E-state index is 0.151. The summed E-state index contributed by atoms with van der Waals surface area (Å²) in [5.41, 5.74) is 2.64. The molecule has 0 aliphatic carbocycles. The van der Waals surface area contributed by atoms with E-state index in [0.29, 0.717) is 10.6 Å². The fraction of sp³-hybridized carbons (Fsp3) is 0.167. The molecule has 3 N–H and O–H groups in total. The molecule has 0 radical (unpaired) electrons. The number of nitrogens with two attached hydrogens (primary N) is 1. The molecule has 0 saturated heterocycles. The molecule has 18 heavy (non-hydrogen) atoms. The molecule has 3 nitrogen and oxygen atoms in total. The summed E-state index contributed by atoms with van der Waals surface area (Å²) in [6.07, 6.45) is 0. The van der Waals surface area contributed by atoms with Gasteiger partial charge in [-0.15, -0.1) is 11.3 Å². The van der Waals surface area contributed by atoms with E-state index in [4.69, 9.17) is 10.6 Å². The first-order valence-corrected chi connectivity index (χ1v) is 6.08. The van der Waals surface area contributed by atoms with Crippen LogP contribution in [0.2, 0.25) is 0 Å². The van der Waals surface area contributed by atoms with Crippen LogP contribution in [0, 0.1) is 11.6 Å². The molecule has 0 aliphatic heterocycles. The van der Waals surface area contributed by atoms with Crippen molar-refractivity contribution >= 4 is 11.3 Å². The molecule has 0 saturated carbocycles. The molecule has 2 aromatic rings. The Morgan fingerprint density at radius 3 is 2.78 bits per heavy atom. The predicted octanol–water partition coefficient (Wildman–Crippen LogP) is 2.59. The normalized spacial score (nSPS) is 12.4. The number of hydrogen-bond donors (Lipinski definition) is 2. The van der Waals surface area contributed by atoms with Gasteiger partial charge in [-0.3, -0.25) is 5.84 Å². The summed E-state index contributed by atoms with van der Waals surface area (Å²) in [6.45, 7) is 0. The van der Waals surface area contributed by atoms with Crippen molar-refractivity contribution in [2.24, 2.45) is 5.84 Å². The van der Waals surface area contributed by atoms with Gasteiger partial charge in [0.15, 0.2) is 11.6 Å². The van der Waals surface area contributed by atoms with Gasteiger partial charge in [0.05, 0.1) is 18.0 Å². The quantitative estimate of drug-likeness (QED) is 0.663. The van der Waals surface area contributed by atoms with Gasteiger partial charge in [-0.05, 0) is 17.5 Å². The second-order valence-electron chi connectivity index (χ2n) is 3.60. The second-order valence-corrected chi connectivity index (χ2v) is 4.54. The van der Waals surface area contributed by atoms with Crippen LogP contribution in [0.1, 0.15) is 16.5 Å². The van der Waals surface area contributed by atoms with Gasteiger partial charge in [0.1, 0.15) is 5.75 Å². The van der Waals surface area contributed by atoms with Gasteiger partial charge in [0, 0.05) is 5.56 Å². The van der Waals surface area contributed by atoms with E-state index in [1.54, 1.807) is 11.4 Å². The van der Waals surface area contributed by atoms with Crippen LogP contribution in [-0.2, 0) is 0 Å². The van der Waals surface area contributed by atoms with Crippen LogP contribution in [0.4, 0.5) is 8.78 Å². The van der Waals surface area contributed by atoms with Crippen LogP contribution in [0.5, 0.6) is 5.75 Å². The smallest absolute Gasteiger partial charge is 0.164 e. The fourth-order valence-corrected chi connectivity index (χ4v) is 2.68. The van der Waals surface area contributed by atoms with Gasteiger partial charge in [0.25, 0.3) is 0 Å². The van der Waals surface area contributed by atoms with Crippen molar-refractivity contribution in [1.29, 1.82) is 0 Å². The highest BCUT2D eigenvalue weighted by molar-refractivity contribution is 7.10. The maximum atomic E-state index is 13.8. The van der Waals surface area contributed by atoms with Gasteiger partial charge in [0.2, 0.25) is 0 Å². The monoisotopic (exact) mass is 270 g/mol. The van der Waals surface area contributed by atoms with Crippen molar-refractivity contribution in [3.63, 3.8) is 0 Å². The maximum absolute atomic E-state index is 13.8. The Bertz CT molecular complexity index is 545. The highest BCUT2D eigenvalue weighted by Gasteiger charge is 2.22. The third-order valence-electron chi connectivity index (χ3n) is 2.60. The molecule has 0 amide bonds. The van der Waals surface area contributed by atoms with E-state index in [-0.39, 0.29) is 5.56 Å². The lowest BCUT2D eigenvalue weighted by Gasteiger charge is -2.17. The number of nitrogens with one attached hydrogen (secondary N) is 1. The molecule has 0 bridgehead atoms. The largest absolute Gasteiger partial charge is 0.496 e. The average molecular weight is 270 g/mol. The van der Waals surface area contributed by atoms with Gasteiger partial charge in [-0.25, -0.2) is 14.2 Å². The number of methoxy groups -OCH3 is 1. The third kappa shape index (κ3) is 2.22. The summed E-state index contributed by atoms with van der Waals surface area (Å²) in [4.78, 5) is 0.699. The molecular formula is C12H12F2N2OS. The van der Waals surface area contributed by atoms with E-state index in [1.807, 2.05) is 0 Å². The Kier molecular flexibility index (Phi) is 3.90. The van der Waals surface area contributed by atoms with Crippen LogP contribution in [0.3, 0.4) is 0 Å². The summed E-state index contributed by atoms with van der Waals surface area (Å²) < 4.78 is 32.1. The Morgan fingerprint density at radius 2 is 2.11 bits per heavy atom. The van der Waals surface area contributed by atoms with Crippen molar-refractivity contribution < 1.29 is 13.5 Å². The molecule has 0 spiro atoms. The van der Waals surface area contributed by atoms with Gasteiger partial charge in [-0.2, -0.15) is 0 Å². The average Bonchev–Trinajstić information content (AvgIpc) is 2.83. The van der Waals surface area contributed by atoms with Crippen molar-refractivity contribution in [3.05, 3.63) is 51.7 Å². The number of rotatable bonds is 4. The first kappa shape index (κ1) is 12.9. The van der Waals surface area contributed by atoms with Crippen LogP contribution < -0.4 is 16.0 Å². The first-order valence-electron chi connectivity index (χ1n) is 5.20. The highest BCUT2D eigenvalue weighted by Crippen LogP contribution is 2.35.